The van der Waals surface area contributed by atoms with E-state index in [0.29, 0.717) is 6.42 Å². The molecular weight excluding hydrogens is 284 g/mol. The summed E-state index contributed by atoms with van der Waals surface area (Å²) < 4.78 is 4.69. The zero-order valence-electron chi connectivity index (χ0n) is 13.0. The van der Waals surface area contributed by atoms with Gasteiger partial charge in [-0.15, -0.1) is 0 Å². The number of benzene rings is 3. The number of hydrogen-bond acceptors (Lipinski definition) is 2. The Balaban J connectivity index is 1.78. The highest BCUT2D eigenvalue weighted by molar-refractivity contribution is 5.74. The van der Waals surface area contributed by atoms with Gasteiger partial charge in [0.25, 0.3) is 0 Å². The Morgan fingerprint density at radius 3 is 1.61 bits per heavy atom. The predicted octanol–water partition coefficient (Wildman–Crippen LogP) is 4.74. The Morgan fingerprint density at radius 2 is 1.13 bits per heavy atom. The SMILES string of the molecule is COC(=O)Cc1ccc(-c2ccc(-c3ccccc3)cc2)cc1. The summed E-state index contributed by atoms with van der Waals surface area (Å²) in [6, 6.07) is 26.9. The van der Waals surface area contributed by atoms with Crippen molar-refractivity contribution in [2.45, 2.75) is 6.42 Å². The van der Waals surface area contributed by atoms with Gasteiger partial charge in [0.1, 0.15) is 0 Å². The second kappa shape index (κ2) is 6.93. The molecule has 0 saturated carbocycles. The minimum atomic E-state index is -0.218. The highest BCUT2D eigenvalue weighted by Crippen LogP contribution is 2.25. The minimum Gasteiger partial charge on any atom is -0.469 e. The van der Waals surface area contributed by atoms with Gasteiger partial charge in [0, 0.05) is 0 Å². The van der Waals surface area contributed by atoms with Crippen molar-refractivity contribution in [2.75, 3.05) is 7.11 Å². The average Bonchev–Trinajstić information content (AvgIpc) is 2.63. The van der Waals surface area contributed by atoms with Gasteiger partial charge in [-0.2, -0.15) is 0 Å². The summed E-state index contributed by atoms with van der Waals surface area (Å²) >= 11 is 0. The second-order valence-electron chi connectivity index (χ2n) is 5.39. The summed E-state index contributed by atoms with van der Waals surface area (Å²) in [5.74, 6) is -0.218. The molecule has 0 aliphatic rings. The zero-order chi connectivity index (χ0) is 16.1. The van der Waals surface area contributed by atoms with Gasteiger partial charge in [-0.25, -0.2) is 0 Å². The van der Waals surface area contributed by atoms with E-state index in [0.717, 1.165) is 16.7 Å². The number of hydrogen-bond donors (Lipinski definition) is 0. The van der Waals surface area contributed by atoms with Gasteiger partial charge in [0.15, 0.2) is 0 Å². The van der Waals surface area contributed by atoms with Crippen molar-refractivity contribution >= 4 is 5.97 Å². The van der Waals surface area contributed by atoms with Crippen LogP contribution >= 0.6 is 0 Å². The molecule has 0 aliphatic carbocycles. The maximum Gasteiger partial charge on any atom is 0.309 e. The van der Waals surface area contributed by atoms with Crippen LogP contribution < -0.4 is 0 Å². The number of esters is 1. The molecule has 2 heteroatoms. The Bertz CT molecular complexity index is 772. The zero-order valence-corrected chi connectivity index (χ0v) is 13.0. The number of carbonyl (C=O) groups excluding carboxylic acids is 1. The smallest absolute Gasteiger partial charge is 0.309 e. The summed E-state index contributed by atoms with van der Waals surface area (Å²) in [5.41, 5.74) is 5.68. The summed E-state index contributed by atoms with van der Waals surface area (Å²) in [6.45, 7) is 0. The highest BCUT2D eigenvalue weighted by Gasteiger charge is 2.04. The number of methoxy groups -OCH3 is 1. The van der Waals surface area contributed by atoms with Crippen LogP contribution in [0.2, 0.25) is 0 Å². The molecule has 114 valence electrons. The monoisotopic (exact) mass is 302 g/mol. The van der Waals surface area contributed by atoms with Crippen molar-refractivity contribution in [3.63, 3.8) is 0 Å². The molecule has 0 heterocycles. The molecule has 3 aromatic carbocycles. The lowest BCUT2D eigenvalue weighted by Crippen LogP contribution is -2.04. The van der Waals surface area contributed by atoms with Gasteiger partial charge in [-0.1, -0.05) is 78.9 Å². The lowest BCUT2D eigenvalue weighted by Gasteiger charge is -2.06. The van der Waals surface area contributed by atoms with E-state index in [9.17, 15) is 4.79 Å². The molecule has 0 saturated heterocycles. The minimum absolute atomic E-state index is 0.218. The van der Waals surface area contributed by atoms with Crippen LogP contribution in [0.1, 0.15) is 5.56 Å². The summed E-state index contributed by atoms with van der Waals surface area (Å²) in [5, 5.41) is 0. The molecule has 0 spiro atoms. The van der Waals surface area contributed by atoms with Crippen molar-refractivity contribution in [3.8, 4) is 22.3 Å². The molecule has 0 atom stereocenters. The summed E-state index contributed by atoms with van der Waals surface area (Å²) in [6.07, 6.45) is 0.309. The molecule has 2 nitrogen and oxygen atoms in total. The molecule has 0 radical (unpaired) electrons. The lowest BCUT2D eigenvalue weighted by atomic mass is 9.99. The largest absolute Gasteiger partial charge is 0.469 e. The van der Waals surface area contributed by atoms with E-state index in [-0.39, 0.29) is 5.97 Å². The maximum atomic E-state index is 11.3. The van der Waals surface area contributed by atoms with Crippen LogP contribution in [0, 0.1) is 0 Å². The molecule has 23 heavy (non-hydrogen) atoms. The van der Waals surface area contributed by atoms with Crippen molar-refractivity contribution in [1.29, 1.82) is 0 Å². The van der Waals surface area contributed by atoms with Gasteiger partial charge in [-0.3, -0.25) is 4.79 Å². The van der Waals surface area contributed by atoms with E-state index >= 15 is 0 Å². The third-order valence-corrected chi connectivity index (χ3v) is 3.86. The Morgan fingerprint density at radius 1 is 0.696 bits per heavy atom. The maximum absolute atomic E-state index is 11.3. The van der Waals surface area contributed by atoms with E-state index < -0.39 is 0 Å². The van der Waals surface area contributed by atoms with Crippen molar-refractivity contribution in [3.05, 3.63) is 84.4 Å². The number of rotatable bonds is 4. The average molecular weight is 302 g/mol. The van der Waals surface area contributed by atoms with Gasteiger partial charge in [0.2, 0.25) is 0 Å². The van der Waals surface area contributed by atoms with Crippen LogP contribution in [0.3, 0.4) is 0 Å². The van der Waals surface area contributed by atoms with Gasteiger partial charge in [0.05, 0.1) is 13.5 Å². The Labute approximate surface area is 136 Å². The quantitative estimate of drug-likeness (QED) is 0.651. The molecule has 0 aromatic heterocycles. The van der Waals surface area contributed by atoms with E-state index in [1.54, 1.807) is 0 Å². The van der Waals surface area contributed by atoms with E-state index in [1.807, 2.05) is 42.5 Å². The predicted molar refractivity (Wildman–Crippen MR) is 93.0 cm³/mol. The molecule has 0 bridgehead atoms. The first-order valence-electron chi connectivity index (χ1n) is 7.58. The standard InChI is InChI=1S/C21H18O2/c1-23-21(22)15-16-7-9-18(10-8-16)20-13-11-19(12-14-20)17-5-3-2-4-6-17/h2-14H,15H2,1H3. The topological polar surface area (TPSA) is 26.3 Å². The second-order valence-corrected chi connectivity index (χ2v) is 5.39. The third kappa shape index (κ3) is 3.67. The summed E-state index contributed by atoms with van der Waals surface area (Å²) in [7, 11) is 1.41. The van der Waals surface area contributed by atoms with Crippen molar-refractivity contribution in [2.24, 2.45) is 0 Å². The van der Waals surface area contributed by atoms with Crippen LogP contribution in [-0.4, -0.2) is 13.1 Å². The first kappa shape index (κ1) is 15.0. The fourth-order valence-electron chi connectivity index (χ4n) is 2.54. The van der Waals surface area contributed by atoms with E-state index in [1.165, 1.54) is 18.2 Å². The highest BCUT2D eigenvalue weighted by atomic mass is 16.5. The van der Waals surface area contributed by atoms with E-state index in [2.05, 4.69) is 41.1 Å². The molecular formula is C21H18O2. The van der Waals surface area contributed by atoms with Crippen LogP contribution in [0.15, 0.2) is 78.9 Å². The Hall–Kier alpha value is -2.87. The van der Waals surface area contributed by atoms with Crippen LogP contribution in [-0.2, 0) is 16.0 Å². The molecule has 0 N–H and O–H groups in total. The number of ether oxygens (including phenoxy) is 1. The van der Waals surface area contributed by atoms with Crippen LogP contribution in [0.5, 0.6) is 0 Å². The first-order chi connectivity index (χ1) is 11.3. The van der Waals surface area contributed by atoms with E-state index in [4.69, 9.17) is 0 Å². The Kier molecular flexibility index (Phi) is 4.53. The number of carbonyl (C=O) groups is 1. The van der Waals surface area contributed by atoms with Crippen molar-refractivity contribution < 1.29 is 9.53 Å². The fourth-order valence-corrected chi connectivity index (χ4v) is 2.54. The lowest BCUT2D eigenvalue weighted by molar-refractivity contribution is -0.139. The normalized spacial score (nSPS) is 10.3. The van der Waals surface area contributed by atoms with Crippen LogP contribution in [0.25, 0.3) is 22.3 Å². The molecule has 0 unspecified atom stereocenters. The molecule has 3 rings (SSSR count). The summed E-state index contributed by atoms with van der Waals surface area (Å²) in [4.78, 5) is 11.3. The van der Waals surface area contributed by atoms with Gasteiger partial charge in [-0.05, 0) is 27.8 Å². The molecule has 0 amide bonds. The van der Waals surface area contributed by atoms with Gasteiger partial charge >= 0.3 is 5.97 Å². The molecule has 0 fully saturated rings. The van der Waals surface area contributed by atoms with Crippen molar-refractivity contribution in [1.82, 2.24) is 0 Å². The first-order valence-corrected chi connectivity index (χ1v) is 7.58. The third-order valence-electron chi connectivity index (χ3n) is 3.86. The molecule has 0 aliphatic heterocycles. The molecule has 3 aromatic rings. The van der Waals surface area contributed by atoms with Crippen LogP contribution in [0.4, 0.5) is 0 Å². The fraction of sp³-hybridized carbons (Fsp3) is 0.0952. The van der Waals surface area contributed by atoms with Gasteiger partial charge < -0.3 is 4.74 Å².